The highest BCUT2D eigenvalue weighted by Crippen LogP contribution is 2.20. The number of terminal acetylenes is 1. The third kappa shape index (κ3) is 1.40. The molecule has 2 N–H and O–H groups in total. The van der Waals surface area contributed by atoms with Crippen molar-refractivity contribution in [3.63, 3.8) is 0 Å². The maximum Gasteiger partial charge on any atom is 0.202 e. The molecule has 1 aromatic carbocycles. The van der Waals surface area contributed by atoms with Gasteiger partial charge >= 0.3 is 0 Å². The summed E-state index contributed by atoms with van der Waals surface area (Å²) in [4.78, 5) is 3.87. The van der Waals surface area contributed by atoms with E-state index in [0.717, 1.165) is 12.1 Å². The Labute approximate surface area is 84.5 Å². The standard InChI is InChI=1S/C10H7F2N3/c1-2-3-15-9-5-7(12)6(11)4-8(9)14-10(15)13/h1,4-5H,3H2,(H2,13,14). The molecule has 3 nitrogen and oxygen atoms in total. The van der Waals surface area contributed by atoms with E-state index in [2.05, 4.69) is 10.9 Å². The fourth-order valence-electron chi connectivity index (χ4n) is 1.40. The highest BCUT2D eigenvalue weighted by molar-refractivity contribution is 5.78. The van der Waals surface area contributed by atoms with Crippen LogP contribution in [0.3, 0.4) is 0 Å². The molecule has 0 spiro atoms. The number of fused-ring (bicyclic) bond motifs is 1. The van der Waals surface area contributed by atoms with Gasteiger partial charge in [-0.15, -0.1) is 6.42 Å². The van der Waals surface area contributed by atoms with Crippen LogP contribution in [0, 0.1) is 24.0 Å². The number of aromatic nitrogens is 2. The van der Waals surface area contributed by atoms with Gasteiger partial charge in [0.05, 0.1) is 17.6 Å². The molecule has 2 rings (SSSR count). The van der Waals surface area contributed by atoms with Crippen LogP contribution in [0.15, 0.2) is 12.1 Å². The molecule has 0 radical (unpaired) electrons. The zero-order valence-electron chi connectivity index (χ0n) is 7.67. The highest BCUT2D eigenvalue weighted by Gasteiger charge is 2.11. The molecule has 0 aliphatic carbocycles. The van der Waals surface area contributed by atoms with Crippen LogP contribution >= 0.6 is 0 Å². The molecule has 0 unspecified atom stereocenters. The van der Waals surface area contributed by atoms with Crippen LogP contribution in [-0.2, 0) is 6.54 Å². The van der Waals surface area contributed by atoms with Crippen molar-refractivity contribution in [2.24, 2.45) is 0 Å². The number of imidazole rings is 1. The molecule has 0 aliphatic heterocycles. The minimum absolute atomic E-state index is 0.146. The van der Waals surface area contributed by atoms with Crippen molar-refractivity contribution in [2.75, 3.05) is 5.73 Å². The van der Waals surface area contributed by atoms with Crippen molar-refractivity contribution in [2.45, 2.75) is 6.54 Å². The number of halogens is 2. The summed E-state index contributed by atoms with van der Waals surface area (Å²) in [5.74, 6) is 0.615. The van der Waals surface area contributed by atoms with Crippen molar-refractivity contribution < 1.29 is 8.78 Å². The number of benzene rings is 1. The molecule has 1 aromatic heterocycles. The molecule has 0 aliphatic rings. The summed E-state index contributed by atoms with van der Waals surface area (Å²) in [6, 6.07) is 2.03. The van der Waals surface area contributed by atoms with Crippen LogP contribution in [0.1, 0.15) is 0 Å². The first-order chi connectivity index (χ1) is 7.13. The Morgan fingerprint density at radius 3 is 2.73 bits per heavy atom. The van der Waals surface area contributed by atoms with Crippen molar-refractivity contribution >= 4 is 17.0 Å². The van der Waals surface area contributed by atoms with Crippen molar-refractivity contribution in [1.82, 2.24) is 9.55 Å². The number of nitrogens with two attached hydrogens (primary N) is 1. The Hall–Kier alpha value is -2.09. The first kappa shape index (κ1) is 9.46. The van der Waals surface area contributed by atoms with Crippen LogP contribution in [0.2, 0.25) is 0 Å². The minimum atomic E-state index is -0.951. The Kier molecular flexibility index (Phi) is 2.05. The van der Waals surface area contributed by atoms with Gasteiger partial charge in [-0.05, 0) is 0 Å². The van der Waals surface area contributed by atoms with Crippen LogP contribution in [0.5, 0.6) is 0 Å². The van der Waals surface area contributed by atoms with Gasteiger partial charge in [0, 0.05) is 12.1 Å². The van der Waals surface area contributed by atoms with Crippen molar-refractivity contribution in [3.8, 4) is 12.3 Å². The average Bonchev–Trinajstić information content (AvgIpc) is 2.46. The van der Waals surface area contributed by atoms with Crippen LogP contribution in [-0.4, -0.2) is 9.55 Å². The molecule has 0 amide bonds. The third-order valence-corrected chi connectivity index (χ3v) is 2.07. The van der Waals surface area contributed by atoms with Gasteiger partial charge in [-0.3, -0.25) is 4.57 Å². The lowest BCUT2D eigenvalue weighted by molar-refractivity contribution is 0.510. The van der Waals surface area contributed by atoms with Gasteiger partial charge in [-0.2, -0.15) is 0 Å². The Bertz CT molecular complexity index is 566. The van der Waals surface area contributed by atoms with Gasteiger partial charge < -0.3 is 5.73 Å². The summed E-state index contributed by atoms with van der Waals surface area (Å²) < 4.78 is 27.3. The number of hydrogen-bond acceptors (Lipinski definition) is 2. The second-order valence-corrected chi connectivity index (χ2v) is 3.02. The molecule has 0 saturated carbocycles. The second-order valence-electron chi connectivity index (χ2n) is 3.02. The molecule has 2 aromatic rings. The Balaban J connectivity index is 2.77. The number of anilines is 1. The number of nitrogens with zero attached hydrogens (tertiary/aromatic N) is 2. The molecule has 1 heterocycles. The number of hydrogen-bond donors (Lipinski definition) is 1. The normalized spacial score (nSPS) is 10.5. The maximum atomic E-state index is 13.0. The Morgan fingerprint density at radius 2 is 2.07 bits per heavy atom. The predicted octanol–water partition coefficient (Wildman–Crippen LogP) is 1.53. The van der Waals surface area contributed by atoms with E-state index in [4.69, 9.17) is 12.2 Å². The van der Waals surface area contributed by atoms with E-state index in [1.807, 2.05) is 0 Å². The quantitative estimate of drug-likeness (QED) is 0.720. The summed E-state index contributed by atoms with van der Waals surface area (Å²) in [5.41, 5.74) is 6.24. The first-order valence-corrected chi connectivity index (χ1v) is 4.17. The van der Waals surface area contributed by atoms with Crippen LogP contribution in [0.4, 0.5) is 14.7 Å². The lowest BCUT2D eigenvalue weighted by Crippen LogP contribution is -2.01. The minimum Gasteiger partial charge on any atom is -0.369 e. The van der Waals surface area contributed by atoms with Crippen molar-refractivity contribution in [3.05, 3.63) is 23.8 Å². The van der Waals surface area contributed by atoms with E-state index in [9.17, 15) is 8.78 Å². The predicted molar refractivity (Wildman–Crippen MR) is 52.9 cm³/mol. The molecule has 0 atom stereocenters. The monoisotopic (exact) mass is 207 g/mol. The van der Waals surface area contributed by atoms with Crippen LogP contribution in [0.25, 0.3) is 11.0 Å². The zero-order valence-corrected chi connectivity index (χ0v) is 7.67. The fraction of sp³-hybridized carbons (Fsp3) is 0.100. The molecule has 0 fully saturated rings. The highest BCUT2D eigenvalue weighted by atomic mass is 19.2. The number of nitrogen functional groups attached to an aromatic ring is 1. The Morgan fingerprint density at radius 1 is 1.40 bits per heavy atom. The third-order valence-electron chi connectivity index (χ3n) is 2.07. The van der Waals surface area contributed by atoms with Gasteiger partial charge in [0.15, 0.2) is 11.6 Å². The SMILES string of the molecule is C#CCn1c(N)nc2cc(F)c(F)cc21. The lowest BCUT2D eigenvalue weighted by Gasteiger charge is -2.00. The van der Waals surface area contributed by atoms with Gasteiger partial charge in [0.2, 0.25) is 5.95 Å². The summed E-state index contributed by atoms with van der Waals surface area (Å²) in [7, 11) is 0. The van der Waals surface area contributed by atoms with E-state index in [-0.39, 0.29) is 12.5 Å². The summed E-state index contributed by atoms with van der Waals surface area (Å²) in [6.45, 7) is 0.174. The molecule has 15 heavy (non-hydrogen) atoms. The molecule has 0 bridgehead atoms. The largest absolute Gasteiger partial charge is 0.369 e. The average molecular weight is 207 g/mol. The zero-order chi connectivity index (χ0) is 11.0. The van der Waals surface area contributed by atoms with E-state index >= 15 is 0 Å². The molecular formula is C10H7F2N3. The molecule has 5 heteroatoms. The topological polar surface area (TPSA) is 43.8 Å². The van der Waals surface area contributed by atoms with Gasteiger partial charge in [-0.1, -0.05) is 5.92 Å². The summed E-state index contributed by atoms with van der Waals surface area (Å²) >= 11 is 0. The lowest BCUT2D eigenvalue weighted by atomic mass is 10.3. The van der Waals surface area contributed by atoms with E-state index in [1.54, 1.807) is 0 Å². The molecule has 0 saturated heterocycles. The summed E-state index contributed by atoms with van der Waals surface area (Å²) in [6.07, 6.45) is 5.13. The summed E-state index contributed by atoms with van der Waals surface area (Å²) in [5, 5.41) is 0. The fourth-order valence-corrected chi connectivity index (χ4v) is 1.40. The van der Waals surface area contributed by atoms with Gasteiger partial charge in [0.1, 0.15) is 0 Å². The van der Waals surface area contributed by atoms with Crippen LogP contribution < -0.4 is 5.73 Å². The molecular weight excluding hydrogens is 200 g/mol. The second kappa shape index (κ2) is 3.24. The van der Waals surface area contributed by atoms with E-state index in [1.165, 1.54) is 4.57 Å². The maximum absolute atomic E-state index is 13.0. The van der Waals surface area contributed by atoms with Gasteiger partial charge in [0.25, 0.3) is 0 Å². The van der Waals surface area contributed by atoms with Crippen molar-refractivity contribution in [1.29, 1.82) is 0 Å². The number of rotatable bonds is 1. The van der Waals surface area contributed by atoms with E-state index < -0.39 is 11.6 Å². The van der Waals surface area contributed by atoms with Gasteiger partial charge in [-0.25, -0.2) is 13.8 Å². The molecule has 76 valence electrons. The first-order valence-electron chi connectivity index (χ1n) is 4.17. The smallest absolute Gasteiger partial charge is 0.202 e. The van der Waals surface area contributed by atoms with E-state index in [0.29, 0.717) is 11.0 Å².